The Balaban J connectivity index is 1.11. The van der Waals surface area contributed by atoms with E-state index in [1.807, 2.05) is 76.5 Å². The highest BCUT2D eigenvalue weighted by molar-refractivity contribution is 5.94. The van der Waals surface area contributed by atoms with Crippen LogP contribution in [0.3, 0.4) is 0 Å². The van der Waals surface area contributed by atoms with Crippen molar-refractivity contribution in [2.75, 3.05) is 13.1 Å². The Morgan fingerprint density at radius 2 is 1.29 bits per heavy atom. The average molecular weight is 543 g/mol. The minimum absolute atomic E-state index is 0.00762. The third-order valence-electron chi connectivity index (χ3n) is 8.17. The van der Waals surface area contributed by atoms with Gasteiger partial charge in [-0.05, 0) is 74.2 Å². The Morgan fingerprint density at radius 1 is 0.756 bits per heavy atom. The third kappa shape index (κ3) is 4.74. The maximum Gasteiger partial charge on any atom is 0.254 e. The van der Waals surface area contributed by atoms with E-state index in [1.54, 1.807) is 6.92 Å². The Hall–Kier alpha value is -4.90. The summed E-state index contributed by atoms with van der Waals surface area (Å²) >= 11 is 0. The van der Waals surface area contributed by atoms with Gasteiger partial charge in [0.05, 0.1) is 34.2 Å². The fourth-order valence-electron chi connectivity index (χ4n) is 6.14. The zero-order chi connectivity index (χ0) is 27.9. The van der Waals surface area contributed by atoms with Crippen LogP contribution in [0.5, 0.6) is 0 Å². The lowest BCUT2D eigenvalue weighted by Gasteiger charge is -2.23. The highest BCUT2D eigenvalue weighted by Crippen LogP contribution is 2.33. The van der Waals surface area contributed by atoms with Crippen molar-refractivity contribution in [3.05, 3.63) is 95.1 Å². The molecule has 2 aromatic heterocycles. The number of H-pyrrole nitrogens is 2. The Kier molecular flexibility index (Phi) is 6.27. The van der Waals surface area contributed by atoms with Crippen molar-refractivity contribution in [3.8, 4) is 11.8 Å². The zero-order valence-electron chi connectivity index (χ0n) is 22.9. The monoisotopic (exact) mass is 542 g/mol. The van der Waals surface area contributed by atoms with Gasteiger partial charge in [0.25, 0.3) is 5.91 Å². The average Bonchev–Trinajstić information content (AvgIpc) is 3.80. The van der Waals surface area contributed by atoms with Crippen LogP contribution < -0.4 is 0 Å². The number of hydrogen-bond donors (Lipinski definition) is 2. The van der Waals surface area contributed by atoms with E-state index in [1.165, 1.54) is 0 Å². The third-order valence-corrected chi connectivity index (χ3v) is 8.17. The van der Waals surface area contributed by atoms with Crippen molar-refractivity contribution in [3.63, 3.8) is 0 Å². The number of likely N-dealkylation sites (tertiary alicyclic amines) is 2. The number of nitrogens with one attached hydrogen (secondary N) is 2. The Bertz CT molecular complexity index is 1840. The molecule has 2 N–H and O–H groups in total. The number of nitrogens with zero attached hydrogens (tertiary/aromatic N) is 4. The first kappa shape index (κ1) is 25.1. The maximum atomic E-state index is 13.2. The van der Waals surface area contributed by atoms with Crippen LogP contribution in [0, 0.1) is 11.8 Å². The van der Waals surface area contributed by atoms with Crippen molar-refractivity contribution in [1.29, 1.82) is 0 Å². The molecule has 7 rings (SSSR count). The summed E-state index contributed by atoms with van der Waals surface area (Å²) in [6.45, 7) is 3.12. The summed E-state index contributed by atoms with van der Waals surface area (Å²) in [6, 6.07) is 21.3. The van der Waals surface area contributed by atoms with Crippen LogP contribution in [0.15, 0.2) is 66.7 Å². The molecule has 4 heterocycles. The van der Waals surface area contributed by atoms with Crippen LogP contribution in [0.25, 0.3) is 22.1 Å². The molecule has 0 radical (unpaired) electrons. The fourth-order valence-corrected chi connectivity index (χ4v) is 6.14. The van der Waals surface area contributed by atoms with E-state index in [4.69, 9.17) is 9.97 Å². The molecule has 2 fully saturated rings. The van der Waals surface area contributed by atoms with E-state index >= 15 is 0 Å². The van der Waals surface area contributed by atoms with E-state index in [9.17, 15) is 9.59 Å². The van der Waals surface area contributed by atoms with Crippen molar-refractivity contribution >= 4 is 33.9 Å². The number of benzene rings is 3. The van der Waals surface area contributed by atoms with Gasteiger partial charge >= 0.3 is 0 Å². The van der Waals surface area contributed by atoms with Crippen LogP contribution in [0.2, 0.25) is 0 Å². The topological polar surface area (TPSA) is 98.0 Å². The molecular weight excluding hydrogens is 512 g/mol. The second-order valence-electron chi connectivity index (χ2n) is 10.9. The first-order chi connectivity index (χ1) is 20.0. The highest BCUT2D eigenvalue weighted by atomic mass is 16.2. The molecule has 0 bridgehead atoms. The van der Waals surface area contributed by atoms with Gasteiger partial charge in [0, 0.05) is 36.7 Å². The number of fused-ring (bicyclic) bond motifs is 2. The molecule has 0 unspecified atom stereocenters. The molecular formula is C33H30N6O2. The Morgan fingerprint density at radius 3 is 1.85 bits per heavy atom. The zero-order valence-corrected chi connectivity index (χ0v) is 22.9. The summed E-state index contributed by atoms with van der Waals surface area (Å²) in [6.07, 6.45) is 3.75. The number of aromatic nitrogens is 4. The summed E-state index contributed by atoms with van der Waals surface area (Å²) in [5, 5.41) is 0. The summed E-state index contributed by atoms with van der Waals surface area (Å²) in [4.78, 5) is 45.5. The number of carbonyl (C=O) groups is 2. The summed E-state index contributed by atoms with van der Waals surface area (Å²) in [5.41, 5.74) is 6.03. The molecule has 2 saturated heterocycles. The van der Waals surface area contributed by atoms with Crippen molar-refractivity contribution in [2.45, 2.75) is 44.7 Å². The predicted octanol–water partition coefficient (Wildman–Crippen LogP) is 5.50. The highest BCUT2D eigenvalue weighted by Gasteiger charge is 2.33. The minimum Gasteiger partial charge on any atom is -0.340 e. The van der Waals surface area contributed by atoms with Crippen molar-refractivity contribution < 1.29 is 9.59 Å². The minimum atomic E-state index is -0.0672. The van der Waals surface area contributed by atoms with Gasteiger partial charge in [0.15, 0.2) is 0 Å². The van der Waals surface area contributed by atoms with Gasteiger partial charge in [-0.2, -0.15) is 0 Å². The SMILES string of the molecule is CC(=O)N1CCC[C@H]1c1nc2ccc(C#Cc3ccc4nc([C@@H]5CCCN5C(=O)c5ccccc5)[nH]c4c3)cc2[nH]1. The maximum absolute atomic E-state index is 13.2. The van der Waals surface area contributed by atoms with Gasteiger partial charge in [-0.25, -0.2) is 9.97 Å². The predicted molar refractivity (Wildman–Crippen MR) is 157 cm³/mol. The van der Waals surface area contributed by atoms with Gasteiger partial charge in [0.2, 0.25) is 5.91 Å². The number of imidazole rings is 2. The van der Waals surface area contributed by atoms with Gasteiger partial charge in [-0.1, -0.05) is 30.0 Å². The van der Waals surface area contributed by atoms with Gasteiger partial charge in [0.1, 0.15) is 11.6 Å². The van der Waals surface area contributed by atoms with Crippen molar-refractivity contribution in [1.82, 2.24) is 29.7 Å². The van der Waals surface area contributed by atoms with Gasteiger partial charge in [-0.15, -0.1) is 0 Å². The van der Waals surface area contributed by atoms with Crippen LogP contribution in [-0.4, -0.2) is 54.6 Å². The summed E-state index contributed by atoms with van der Waals surface area (Å²) in [5.74, 6) is 8.34. The van der Waals surface area contributed by atoms with Gasteiger partial charge < -0.3 is 19.8 Å². The molecule has 0 saturated carbocycles. The number of hydrogen-bond acceptors (Lipinski definition) is 4. The molecule has 2 aliphatic heterocycles. The molecule has 0 spiro atoms. The molecule has 2 amide bonds. The fraction of sp³-hybridized carbons (Fsp3) is 0.273. The molecule has 2 aliphatic rings. The second-order valence-corrected chi connectivity index (χ2v) is 10.9. The van der Waals surface area contributed by atoms with E-state index in [2.05, 4.69) is 21.8 Å². The first-order valence-corrected chi connectivity index (χ1v) is 14.2. The van der Waals surface area contributed by atoms with E-state index in [0.717, 1.165) is 83.6 Å². The summed E-state index contributed by atoms with van der Waals surface area (Å²) in [7, 11) is 0. The number of amides is 2. The number of rotatable bonds is 3. The molecule has 5 aromatic rings. The molecule has 2 atom stereocenters. The lowest BCUT2D eigenvalue weighted by molar-refractivity contribution is -0.129. The summed E-state index contributed by atoms with van der Waals surface area (Å²) < 4.78 is 0. The lowest BCUT2D eigenvalue weighted by atomic mass is 10.1. The molecule has 8 heteroatoms. The van der Waals surface area contributed by atoms with Crippen LogP contribution in [-0.2, 0) is 4.79 Å². The molecule has 204 valence electrons. The van der Waals surface area contributed by atoms with E-state index in [-0.39, 0.29) is 23.9 Å². The van der Waals surface area contributed by atoms with E-state index < -0.39 is 0 Å². The molecule has 0 aliphatic carbocycles. The van der Waals surface area contributed by atoms with E-state index in [0.29, 0.717) is 5.56 Å². The van der Waals surface area contributed by atoms with Crippen LogP contribution in [0.1, 0.15) is 77.8 Å². The number of aromatic amines is 2. The van der Waals surface area contributed by atoms with Crippen LogP contribution in [0.4, 0.5) is 0 Å². The van der Waals surface area contributed by atoms with Crippen molar-refractivity contribution in [2.24, 2.45) is 0 Å². The smallest absolute Gasteiger partial charge is 0.254 e. The first-order valence-electron chi connectivity index (χ1n) is 14.2. The second kappa shape index (κ2) is 10.3. The Labute approximate surface area is 237 Å². The molecule has 41 heavy (non-hydrogen) atoms. The largest absolute Gasteiger partial charge is 0.340 e. The molecule has 8 nitrogen and oxygen atoms in total. The lowest BCUT2D eigenvalue weighted by Crippen LogP contribution is -2.31. The molecule has 3 aromatic carbocycles. The normalized spacial score (nSPS) is 18.7. The van der Waals surface area contributed by atoms with Gasteiger partial charge in [-0.3, -0.25) is 9.59 Å². The van der Waals surface area contributed by atoms with Crippen LogP contribution >= 0.6 is 0 Å². The number of carbonyl (C=O) groups excluding carboxylic acids is 2. The quantitative estimate of drug-likeness (QED) is 0.294. The standard InChI is InChI=1S/C33H30N6O2/c1-21(40)38-17-5-9-29(38)31-34-25-15-13-22(19-27(25)36-31)11-12-23-14-16-26-28(20-23)37-32(35-26)30-10-6-18-39(30)33(41)24-7-3-2-4-8-24/h2-4,7-8,13-16,19-20,29-30H,5-6,9-10,17-18H2,1H3,(H,34,36)(H,35,37)/t29-,30-/m0/s1.